The van der Waals surface area contributed by atoms with Crippen LogP contribution in [0.15, 0.2) is 72.1 Å². The number of benzene rings is 2. The summed E-state index contributed by atoms with van der Waals surface area (Å²) in [7, 11) is 0. The molecule has 0 unspecified atom stereocenters. The maximum atomic E-state index is 12.4. The van der Waals surface area contributed by atoms with Crippen molar-refractivity contribution in [2.75, 3.05) is 0 Å². The van der Waals surface area contributed by atoms with Crippen molar-refractivity contribution in [1.82, 2.24) is 5.32 Å². The summed E-state index contributed by atoms with van der Waals surface area (Å²) < 4.78 is 5.22. The Bertz CT molecular complexity index is 950. The van der Waals surface area contributed by atoms with E-state index in [1.165, 1.54) is 30.4 Å². The first-order valence-corrected chi connectivity index (χ1v) is 9.63. The zero-order chi connectivity index (χ0) is 19.9. The van der Waals surface area contributed by atoms with Gasteiger partial charge in [-0.15, -0.1) is 11.3 Å². The van der Waals surface area contributed by atoms with E-state index >= 15 is 0 Å². The highest BCUT2D eigenvalue weighted by Crippen LogP contribution is 2.13. The van der Waals surface area contributed by atoms with E-state index in [0.29, 0.717) is 17.7 Å². The molecule has 0 aliphatic carbocycles. The predicted molar refractivity (Wildman–Crippen MR) is 107 cm³/mol. The van der Waals surface area contributed by atoms with Gasteiger partial charge in [-0.25, -0.2) is 4.79 Å². The molecule has 0 radical (unpaired) electrons. The van der Waals surface area contributed by atoms with Gasteiger partial charge in [-0.05, 0) is 30.5 Å². The summed E-state index contributed by atoms with van der Waals surface area (Å²) in [4.78, 5) is 37.8. The second-order valence-electron chi connectivity index (χ2n) is 6.12. The van der Waals surface area contributed by atoms with Crippen LogP contribution in [0.4, 0.5) is 0 Å². The molecule has 1 heterocycles. The molecule has 28 heavy (non-hydrogen) atoms. The van der Waals surface area contributed by atoms with E-state index in [-0.39, 0.29) is 17.3 Å². The smallest absolute Gasteiger partial charge is 0.338 e. The fourth-order valence-corrected chi connectivity index (χ4v) is 3.17. The summed E-state index contributed by atoms with van der Waals surface area (Å²) in [5.41, 5.74) is 1.33. The third kappa shape index (κ3) is 4.92. The van der Waals surface area contributed by atoms with Gasteiger partial charge in [-0.3, -0.25) is 9.59 Å². The standard InChI is InChI=1S/C22H19NO4S/c1-15(21(25)23-14-19-8-5-13-28-19)27-22(26)18-11-9-17(10-12-18)20(24)16-6-3-2-4-7-16/h2-13,15H,14H2,1H3,(H,23,25)/t15-/m0/s1. The number of carbonyl (C=O) groups excluding carboxylic acids is 3. The second-order valence-corrected chi connectivity index (χ2v) is 7.15. The van der Waals surface area contributed by atoms with E-state index in [1.54, 1.807) is 36.4 Å². The van der Waals surface area contributed by atoms with Crippen molar-refractivity contribution >= 4 is 29.0 Å². The van der Waals surface area contributed by atoms with Gasteiger partial charge >= 0.3 is 5.97 Å². The molecule has 1 atom stereocenters. The lowest BCUT2D eigenvalue weighted by atomic mass is 10.0. The maximum Gasteiger partial charge on any atom is 0.338 e. The Morgan fingerprint density at radius 3 is 2.18 bits per heavy atom. The molecule has 0 bridgehead atoms. The summed E-state index contributed by atoms with van der Waals surface area (Å²) in [5, 5.41) is 4.66. The quantitative estimate of drug-likeness (QED) is 0.489. The van der Waals surface area contributed by atoms with Gasteiger partial charge in [-0.1, -0.05) is 48.5 Å². The zero-order valence-electron chi connectivity index (χ0n) is 15.3. The van der Waals surface area contributed by atoms with Crippen molar-refractivity contribution in [3.8, 4) is 0 Å². The highest BCUT2D eigenvalue weighted by molar-refractivity contribution is 7.09. The van der Waals surface area contributed by atoms with E-state index < -0.39 is 12.1 Å². The minimum Gasteiger partial charge on any atom is -0.449 e. The lowest BCUT2D eigenvalue weighted by molar-refractivity contribution is -0.129. The van der Waals surface area contributed by atoms with Crippen LogP contribution >= 0.6 is 11.3 Å². The molecule has 1 aromatic heterocycles. The van der Waals surface area contributed by atoms with Crippen molar-refractivity contribution in [1.29, 1.82) is 0 Å². The maximum absolute atomic E-state index is 12.4. The summed E-state index contributed by atoms with van der Waals surface area (Å²) >= 11 is 1.54. The largest absolute Gasteiger partial charge is 0.449 e. The van der Waals surface area contributed by atoms with Gasteiger partial charge in [0, 0.05) is 16.0 Å². The predicted octanol–water partition coefficient (Wildman–Crippen LogP) is 3.84. The molecule has 0 aliphatic heterocycles. The van der Waals surface area contributed by atoms with Crippen molar-refractivity contribution in [3.05, 3.63) is 93.7 Å². The summed E-state index contributed by atoms with van der Waals surface area (Å²) in [5.74, 6) is -1.10. The van der Waals surface area contributed by atoms with E-state index in [1.807, 2.05) is 23.6 Å². The Kier molecular flexibility index (Phi) is 6.34. The number of nitrogens with one attached hydrogen (secondary N) is 1. The average molecular weight is 393 g/mol. The topological polar surface area (TPSA) is 72.5 Å². The monoisotopic (exact) mass is 393 g/mol. The lowest BCUT2D eigenvalue weighted by Gasteiger charge is -2.13. The highest BCUT2D eigenvalue weighted by Gasteiger charge is 2.19. The molecule has 142 valence electrons. The molecule has 5 nitrogen and oxygen atoms in total. The average Bonchev–Trinajstić information content (AvgIpc) is 3.25. The third-order valence-corrected chi connectivity index (χ3v) is 4.97. The van der Waals surface area contributed by atoms with Crippen LogP contribution in [0.1, 0.15) is 38.1 Å². The number of amides is 1. The number of thiophene rings is 1. The van der Waals surface area contributed by atoms with Gasteiger partial charge in [0.1, 0.15) is 0 Å². The van der Waals surface area contributed by atoms with Crippen LogP contribution in [-0.4, -0.2) is 23.8 Å². The van der Waals surface area contributed by atoms with Crippen LogP contribution in [0.3, 0.4) is 0 Å². The summed E-state index contributed by atoms with van der Waals surface area (Å²) in [6, 6.07) is 18.9. The SMILES string of the molecule is C[C@H](OC(=O)c1ccc(C(=O)c2ccccc2)cc1)C(=O)NCc1cccs1. The van der Waals surface area contributed by atoms with Gasteiger partial charge < -0.3 is 10.1 Å². The van der Waals surface area contributed by atoms with Crippen molar-refractivity contribution in [3.63, 3.8) is 0 Å². The van der Waals surface area contributed by atoms with Crippen LogP contribution in [0, 0.1) is 0 Å². The Labute approximate surface area is 167 Å². The Morgan fingerprint density at radius 1 is 0.893 bits per heavy atom. The first kappa shape index (κ1) is 19.5. The van der Waals surface area contributed by atoms with Gasteiger partial charge in [0.15, 0.2) is 11.9 Å². The number of hydrogen-bond donors (Lipinski definition) is 1. The van der Waals surface area contributed by atoms with Gasteiger partial charge in [-0.2, -0.15) is 0 Å². The van der Waals surface area contributed by atoms with E-state index in [2.05, 4.69) is 5.32 Å². The van der Waals surface area contributed by atoms with Gasteiger partial charge in [0.05, 0.1) is 12.1 Å². The first-order valence-electron chi connectivity index (χ1n) is 8.75. The Hall–Kier alpha value is -3.25. The number of rotatable bonds is 7. The molecule has 1 amide bonds. The second kappa shape index (κ2) is 9.10. The van der Waals surface area contributed by atoms with E-state index in [4.69, 9.17) is 4.74 Å². The van der Waals surface area contributed by atoms with Gasteiger partial charge in [0.2, 0.25) is 0 Å². The summed E-state index contributed by atoms with van der Waals surface area (Å²) in [6.07, 6.45) is -0.918. The molecule has 0 fully saturated rings. The molecular weight excluding hydrogens is 374 g/mol. The minimum atomic E-state index is -0.918. The fourth-order valence-electron chi connectivity index (χ4n) is 2.53. The molecule has 3 rings (SSSR count). The van der Waals surface area contributed by atoms with Crippen LogP contribution in [-0.2, 0) is 16.1 Å². The molecule has 6 heteroatoms. The molecule has 3 aromatic rings. The molecule has 2 aromatic carbocycles. The molecule has 0 saturated heterocycles. The van der Waals surface area contributed by atoms with Crippen molar-refractivity contribution < 1.29 is 19.1 Å². The molecule has 0 saturated carbocycles. The Balaban J connectivity index is 1.56. The Morgan fingerprint density at radius 2 is 1.54 bits per heavy atom. The van der Waals surface area contributed by atoms with Crippen LogP contribution in [0.5, 0.6) is 0 Å². The highest BCUT2D eigenvalue weighted by atomic mass is 32.1. The molecular formula is C22H19NO4S. The minimum absolute atomic E-state index is 0.123. The third-order valence-electron chi connectivity index (χ3n) is 4.09. The van der Waals surface area contributed by atoms with E-state index in [9.17, 15) is 14.4 Å². The summed E-state index contributed by atoms with van der Waals surface area (Å²) in [6.45, 7) is 1.92. The van der Waals surface area contributed by atoms with Crippen LogP contribution < -0.4 is 5.32 Å². The first-order chi connectivity index (χ1) is 13.5. The van der Waals surface area contributed by atoms with Crippen LogP contribution in [0.2, 0.25) is 0 Å². The number of esters is 1. The number of hydrogen-bond acceptors (Lipinski definition) is 5. The zero-order valence-corrected chi connectivity index (χ0v) is 16.1. The van der Waals surface area contributed by atoms with Crippen molar-refractivity contribution in [2.24, 2.45) is 0 Å². The molecule has 1 N–H and O–H groups in total. The number of carbonyl (C=O) groups is 3. The number of ether oxygens (including phenoxy) is 1. The van der Waals surface area contributed by atoms with E-state index in [0.717, 1.165) is 4.88 Å². The molecule has 0 spiro atoms. The van der Waals surface area contributed by atoms with Gasteiger partial charge in [0.25, 0.3) is 5.91 Å². The normalized spacial score (nSPS) is 11.5. The number of ketones is 1. The fraction of sp³-hybridized carbons (Fsp3) is 0.136. The van der Waals surface area contributed by atoms with Crippen molar-refractivity contribution in [2.45, 2.75) is 19.6 Å². The lowest BCUT2D eigenvalue weighted by Crippen LogP contribution is -2.35. The van der Waals surface area contributed by atoms with Crippen LogP contribution in [0.25, 0.3) is 0 Å². The molecule has 0 aliphatic rings.